The molecule has 1 unspecified atom stereocenters. The summed E-state index contributed by atoms with van der Waals surface area (Å²) in [4.78, 5) is 6.94. The maximum Gasteiger partial charge on any atom is 0.194 e. The first-order chi connectivity index (χ1) is 8.28. The molecule has 0 saturated carbocycles. The molecule has 1 aliphatic heterocycles. The van der Waals surface area contributed by atoms with E-state index < -0.39 is 0 Å². The van der Waals surface area contributed by atoms with Crippen LogP contribution in [0.1, 0.15) is 24.4 Å². The third-order valence-corrected chi connectivity index (χ3v) is 3.42. The molecule has 1 aromatic heterocycles. The minimum absolute atomic E-state index is 0.713. The fourth-order valence-corrected chi connectivity index (χ4v) is 2.50. The van der Waals surface area contributed by atoms with E-state index >= 15 is 0 Å². The molecule has 0 bridgehead atoms. The Balaban J connectivity index is 1.83. The molecule has 1 aliphatic rings. The first-order valence-electron chi connectivity index (χ1n) is 6.54. The number of hydrogen-bond acceptors (Lipinski definition) is 4. The van der Waals surface area contributed by atoms with Gasteiger partial charge in [0.2, 0.25) is 0 Å². The van der Waals surface area contributed by atoms with Crippen LogP contribution in [0.2, 0.25) is 0 Å². The molecule has 1 N–H and O–H groups in total. The van der Waals surface area contributed by atoms with Crippen molar-refractivity contribution in [3.63, 3.8) is 0 Å². The molecular weight excluding hydrogens is 214 g/mol. The first-order valence-corrected chi connectivity index (χ1v) is 6.54. The molecule has 1 aromatic rings. The van der Waals surface area contributed by atoms with Crippen molar-refractivity contribution in [3.05, 3.63) is 17.8 Å². The van der Waals surface area contributed by atoms with Crippen LogP contribution in [0, 0.1) is 5.92 Å². The molecule has 1 fully saturated rings. The highest BCUT2D eigenvalue weighted by molar-refractivity contribution is 4.98. The summed E-state index contributed by atoms with van der Waals surface area (Å²) >= 11 is 0. The number of hydrogen-bond donors (Lipinski definition) is 1. The van der Waals surface area contributed by atoms with Crippen molar-refractivity contribution in [3.8, 4) is 0 Å². The first kappa shape index (κ1) is 12.6. The van der Waals surface area contributed by atoms with Crippen molar-refractivity contribution in [2.24, 2.45) is 5.92 Å². The number of aromatic nitrogens is 1. The number of piperidine rings is 1. The van der Waals surface area contributed by atoms with Gasteiger partial charge in [0.25, 0.3) is 0 Å². The topological polar surface area (TPSA) is 41.3 Å². The molecule has 1 saturated heterocycles. The zero-order valence-corrected chi connectivity index (χ0v) is 10.9. The van der Waals surface area contributed by atoms with Gasteiger partial charge in [-0.15, -0.1) is 0 Å². The quantitative estimate of drug-likeness (QED) is 0.838. The second kappa shape index (κ2) is 6.17. The lowest BCUT2D eigenvalue weighted by Crippen LogP contribution is -2.33. The van der Waals surface area contributed by atoms with Gasteiger partial charge in [-0.1, -0.05) is 0 Å². The van der Waals surface area contributed by atoms with Gasteiger partial charge in [0.15, 0.2) is 5.89 Å². The van der Waals surface area contributed by atoms with E-state index in [0.717, 1.165) is 31.0 Å². The van der Waals surface area contributed by atoms with Gasteiger partial charge in [-0.25, -0.2) is 4.98 Å². The predicted molar refractivity (Wildman–Crippen MR) is 68.1 cm³/mol. The highest BCUT2D eigenvalue weighted by Crippen LogP contribution is 2.19. The third kappa shape index (κ3) is 3.82. The molecule has 1 atom stereocenters. The standard InChI is InChI=1S/C13H23N3O/c1-14-6-5-12-10-17-13(15-12)8-11-4-3-7-16(2)9-11/h10-11,14H,3-9H2,1-2H3. The zero-order valence-electron chi connectivity index (χ0n) is 10.9. The minimum atomic E-state index is 0.713. The van der Waals surface area contributed by atoms with Crippen LogP contribution in [0.25, 0.3) is 0 Å². The maximum atomic E-state index is 5.54. The molecule has 0 spiro atoms. The normalized spacial score (nSPS) is 21.9. The molecular formula is C13H23N3O. The van der Waals surface area contributed by atoms with E-state index in [1.165, 1.54) is 25.9 Å². The fraction of sp³-hybridized carbons (Fsp3) is 0.769. The number of nitrogens with one attached hydrogen (secondary N) is 1. The number of oxazole rings is 1. The summed E-state index contributed by atoms with van der Waals surface area (Å²) in [7, 11) is 4.15. The van der Waals surface area contributed by atoms with Gasteiger partial charge in [-0.2, -0.15) is 0 Å². The van der Waals surface area contributed by atoms with Crippen molar-refractivity contribution >= 4 is 0 Å². The lowest BCUT2D eigenvalue weighted by atomic mass is 9.95. The molecule has 17 heavy (non-hydrogen) atoms. The molecule has 0 amide bonds. The minimum Gasteiger partial charge on any atom is -0.449 e. The van der Waals surface area contributed by atoms with Crippen LogP contribution in [-0.4, -0.2) is 43.6 Å². The van der Waals surface area contributed by atoms with E-state index in [0.29, 0.717) is 5.92 Å². The molecule has 0 aromatic carbocycles. The summed E-state index contributed by atoms with van der Waals surface area (Å²) in [6, 6.07) is 0. The summed E-state index contributed by atoms with van der Waals surface area (Å²) in [6.45, 7) is 3.36. The lowest BCUT2D eigenvalue weighted by Gasteiger charge is -2.28. The summed E-state index contributed by atoms with van der Waals surface area (Å²) in [5.41, 5.74) is 1.07. The average Bonchev–Trinajstić information content (AvgIpc) is 2.74. The Hall–Kier alpha value is -0.870. The largest absolute Gasteiger partial charge is 0.449 e. The van der Waals surface area contributed by atoms with Gasteiger partial charge in [-0.05, 0) is 39.4 Å². The molecule has 4 heteroatoms. The fourth-order valence-electron chi connectivity index (χ4n) is 2.50. The number of nitrogens with zero attached hydrogens (tertiary/aromatic N) is 2. The second-order valence-corrected chi connectivity index (χ2v) is 5.06. The summed E-state index contributed by atoms with van der Waals surface area (Å²) in [6.07, 6.45) is 6.35. The molecule has 0 aliphatic carbocycles. The Kier molecular flexibility index (Phi) is 4.57. The van der Waals surface area contributed by atoms with Crippen LogP contribution < -0.4 is 5.32 Å². The van der Waals surface area contributed by atoms with Gasteiger partial charge < -0.3 is 14.6 Å². The Morgan fingerprint density at radius 2 is 2.47 bits per heavy atom. The van der Waals surface area contributed by atoms with Gasteiger partial charge >= 0.3 is 0 Å². The van der Waals surface area contributed by atoms with Crippen molar-refractivity contribution in [2.45, 2.75) is 25.7 Å². The number of likely N-dealkylation sites (N-methyl/N-ethyl adjacent to an activating group) is 1. The smallest absolute Gasteiger partial charge is 0.194 e. The molecule has 0 radical (unpaired) electrons. The highest BCUT2D eigenvalue weighted by atomic mass is 16.3. The van der Waals surface area contributed by atoms with Crippen LogP contribution in [-0.2, 0) is 12.8 Å². The van der Waals surface area contributed by atoms with Crippen molar-refractivity contribution in [2.75, 3.05) is 33.7 Å². The Morgan fingerprint density at radius 3 is 3.24 bits per heavy atom. The van der Waals surface area contributed by atoms with Crippen LogP contribution >= 0.6 is 0 Å². The molecule has 2 heterocycles. The zero-order chi connectivity index (χ0) is 12.1. The van der Waals surface area contributed by atoms with E-state index in [1.54, 1.807) is 6.26 Å². The lowest BCUT2D eigenvalue weighted by molar-refractivity contribution is 0.202. The monoisotopic (exact) mass is 237 g/mol. The third-order valence-electron chi connectivity index (χ3n) is 3.42. The molecule has 2 rings (SSSR count). The van der Waals surface area contributed by atoms with Crippen LogP contribution in [0.4, 0.5) is 0 Å². The van der Waals surface area contributed by atoms with Crippen LogP contribution in [0.5, 0.6) is 0 Å². The summed E-state index contributed by atoms with van der Waals surface area (Å²) in [5.74, 6) is 1.63. The maximum absolute atomic E-state index is 5.54. The Bertz CT molecular complexity index is 337. The van der Waals surface area contributed by atoms with E-state index in [4.69, 9.17) is 4.42 Å². The Morgan fingerprint density at radius 1 is 1.59 bits per heavy atom. The van der Waals surface area contributed by atoms with E-state index in [2.05, 4.69) is 22.2 Å². The van der Waals surface area contributed by atoms with Gasteiger partial charge in [-0.3, -0.25) is 0 Å². The van der Waals surface area contributed by atoms with Gasteiger partial charge in [0, 0.05) is 25.9 Å². The predicted octanol–water partition coefficient (Wildman–Crippen LogP) is 1.32. The van der Waals surface area contributed by atoms with E-state index in [9.17, 15) is 0 Å². The molecule has 96 valence electrons. The second-order valence-electron chi connectivity index (χ2n) is 5.06. The van der Waals surface area contributed by atoms with Crippen molar-refractivity contribution < 1.29 is 4.42 Å². The number of likely N-dealkylation sites (tertiary alicyclic amines) is 1. The summed E-state index contributed by atoms with van der Waals surface area (Å²) < 4.78 is 5.54. The van der Waals surface area contributed by atoms with Crippen LogP contribution in [0.15, 0.2) is 10.7 Å². The van der Waals surface area contributed by atoms with Gasteiger partial charge in [0.1, 0.15) is 6.26 Å². The highest BCUT2D eigenvalue weighted by Gasteiger charge is 2.19. The summed E-state index contributed by atoms with van der Waals surface area (Å²) in [5, 5.41) is 3.12. The van der Waals surface area contributed by atoms with Crippen molar-refractivity contribution in [1.82, 2.24) is 15.2 Å². The van der Waals surface area contributed by atoms with Crippen molar-refractivity contribution in [1.29, 1.82) is 0 Å². The molecule has 4 nitrogen and oxygen atoms in total. The Labute approximate surface area is 103 Å². The van der Waals surface area contributed by atoms with E-state index in [1.807, 2.05) is 7.05 Å². The SMILES string of the molecule is CNCCc1coc(CC2CCCN(C)C2)n1. The average molecular weight is 237 g/mol. The van der Waals surface area contributed by atoms with E-state index in [-0.39, 0.29) is 0 Å². The van der Waals surface area contributed by atoms with Crippen LogP contribution in [0.3, 0.4) is 0 Å². The van der Waals surface area contributed by atoms with Gasteiger partial charge in [0.05, 0.1) is 5.69 Å². The number of rotatable bonds is 5.